The lowest BCUT2D eigenvalue weighted by Crippen LogP contribution is -2.02. The molecule has 0 saturated carbocycles. The lowest BCUT2D eigenvalue weighted by Gasteiger charge is -2.09. The van der Waals surface area contributed by atoms with Crippen LogP contribution in [0.4, 0.5) is 4.39 Å². The molecule has 0 spiro atoms. The summed E-state index contributed by atoms with van der Waals surface area (Å²) in [6.07, 6.45) is 1.66. The first-order valence-electron chi connectivity index (χ1n) is 8.90. The lowest BCUT2D eigenvalue weighted by molar-refractivity contribution is -0.113. The summed E-state index contributed by atoms with van der Waals surface area (Å²) in [6.45, 7) is 3.85. The number of benzene rings is 3. The van der Waals surface area contributed by atoms with E-state index < -0.39 is 0 Å². The van der Waals surface area contributed by atoms with Crippen LogP contribution in [0.3, 0.4) is 0 Å². The molecule has 0 aliphatic carbocycles. The number of carbonyl (C=O) groups excluding carboxylic acids is 1. The number of ketones is 1. The first kappa shape index (κ1) is 18.6. The highest BCUT2D eigenvalue weighted by Crippen LogP contribution is 2.26. The number of Topliss-reactive ketones (excluding diaryl/α,β-unsaturated/α-hetero) is 1. The van der Waals surface area contributed by atoms with Gasteiger partial charge in [0.15, 0.2) is 5.78 Å². The number of hydrogen-bond donors (Lipinski definition) is 1. The third-order valence-electron chi connectivity index (χ3n) is 4.52. The van der Waals surface area contributed by atoms with Gasteiger partial charge in [-0.2, -0.15) is 0 Å². The summed E-state index contributed by atoms with van der Waals surface area (Å²) in [5, 5.41) is 9.47. The van der Waals surface area contributed by atoms with Gasteiger partial charge in [-0.25, -0.2) is 4.39 Å². The zero-order valence-corrected chi connectivity index (χ0v) is 15.0. The molecule has 0 unspecified atom stereocenters. The quantitative estimate of drug-likeness (QED) is 0.540. The Labute approximate surface area is 158 Å². The largest absolute Gasteiger partial charge is 0.508 e. The van der Waals surface area contributed by atoms with Crippen molar-refractivity contribution in [3.8, 4) is 16.9 Å². The fourth-order valence-electron chi connectivity index (χ4n) is 3.03. The van der Waals surface area contributed by atoms with E-state index in [0.29, 0.717) is 36.0 Å². The molecule has 0 aliphatic heterocycles. The Morgan fingerprint density at radius 3 is 2.44 bits per heavy atom. The molecule has 0 aromatic heterocycles. The Balaban J connectivity index is 1.63. The predicted octanol–water partition coefficient (Wildman–Crippen LogP) is 5.80. The van der Waals surface area contributed by atoms with Crippen LogP contribution in [-0.4, -0.2) is 10.9 Å². The molecule has 1 N–H and O–H groups in total. The minimum atomic E-state index is -0.368. The third kappa shape index (κ3) is 4.70. The van der Waals surface area contributed by atoms with Gasteiger partial charge in [0.2, 0.25) is 0 Å². The van der Waals surface area contributed by atoms with Crippen LogP contribution in [0.1, 0.15) is 24.0 Å². The van der Waals surface area contributed by atoms with Gasteiger partial charge in [-0.1, -0.05) is 61.2 Å². The number of phenols is 1. The van der Waals surface area contributed by atoms with Crippen LogP contribution in [-0.2, 0) is 11.2 Å². The van der Waals surface area contributed by atoms with Crippen molar-refractivity contribution in [3.63, 3.8) is 0 Å². The van der Waals surface area contributed by atoms with Crippen LogP contribution in [0.15, 0.2) is 79.4 Å². The van der Waals surface area contributed by atoms with Crippen molar-refractivity contribution >= 4 is 11.4 Å². The van der Waals surface area contributed by atoms with Crippen LogP contribution in [0, 0.1) is 5.82 Å². The molecule has 136 valence electrons. The van der Waals surface area contributed by atoms with Crippen molar-refractivity contribution < 1.29 is 14.3 Å². The van der Waals surface area contributed by atoms with E-state index in [9.17, 15) is 14.3 Å². The van der Waals surface area contributed by atoms with Crippen LogP contribution in [0.25, 0.3) is 16.7 Å². The Hall–Kier alpha value is -3.20. The van der Waals surface area contributed by atoms with Crippen molar-refractivity contribution in [3.05, 3.63) is 96.3 Å². The molecule has 3 aromatic carbocycles. The van der Waals surface area contributed by atoms with Crippen molar-refractivity contribution in [2.24, 2.45) is 0 Å². The van der Waals surface area contributed by atoms with E-state index in [-0.39, 0.29) is 17.3 Å². The Morgan fingerprint density at radius 1 is 0.963 bits per heavy atom. The number of aromatic hydroxyl groups is 1. The van der Waals surface area contributed by atoms with E-state index in [0.717, 1.165) is 11.1 Å². The number of hydrogen-bond acceptors (Lipinski definition) is 2. The van der Waals surface area contributed by atoms with E-state index in [1.54, 1.807) is 30.3 Å². The average Bonchev–Trinajstić information content (AvgIpc) is 2.68. The van der Waals surface area contributed by atoms with E-state index in [1.165, 1.54) is 6.07 Å². The highest BCUT2D eigenvalue weighted by Gasteiger charge is 2.13. The standard InChI is InChI=1S/C24H21FO2/c1-17(24(27)12-6-8-18-7-5-11-21(26)15-18)20-13-14-22(23(25)16-20)19-9-3-2-4-10-19/h2-5,7,9-11,13-16,26H,1,6,8,12H2. The predicted molar refractivity (Wildman–Crippen MR) is 107 cm³/mol. The molecule has 3 heteroatoms. The first-order valence-corrected chi connectivity index (χ1v) is 8.90. The van der Waals surface area contributed by atoms with Gasteiger partial charge in [0.05, 0.1) is 0 Å². The maximum Gasteiger partial charge on any atom is 0.162 e. The van der Waals surface area contributed by atoms with Crippen molar-refractivity contribution in [2.45, 2.75) is 19.3 Å². The minimum Gasteiger partial charge on any atom is -0.508 e. The normalized spacial score (nSPS) is 10.6. The molecular formula is C24H21FO2. The monoisotopic (exact) mass is 360 g/mol. The molecular weight excluding hydrogens is 339 g/mol. The fourth-order valence-corrected chi connectivity index (χ4v) is 3.03. The maximum absolute atomic E-state index is 14.5. The molecule has 0 amide bonds. The second kappa shape index (κ2) is 8.45. The first-order chi connectivity index (χ1) is 13.0. The van der Waals surface area contributed by atoms with E-state index in [2.05, 4.69) is 6.58 Å². The summed E-state index contributed by atoms with van der Waals surface area (Å²) in [4.78, 5) is 12.4. The number of rotatable bonds is 7. The number of phenolic OH excluding ortho intramolecular Hbond substituents is 1. The number of allylic oxidation sites excluding steroid dienone is 1. The third-order valence-corrected chi connectivity index (χ3v) is 4.52. The van der Waals surface area contributed by atoms with E-state index >= 15 is 0 Å². The number of carbonyl (C=O) groups is 1. The smallest absolute Gasteiger partial charge is 0.162 e. The van der Waals surface area contributed by atoms with Crippen molar-refractivity contribution in [1.82, 2.24) is 0 Å². The van der Waals surface area contributed by atoms with Gasteiger partial charge in [0.1, 0.15) is 11.6 Å². The molecule has 3 rings (SSSR count). The van der Waals surface area contributed by atoms with E-state index in [4.69, 9.17) is 0 Å². The molecule has 0 heterocycles. The topological polar surface area (TPSA) is 37.3 Å². The highest BCUT2D eigenvalue weighted by atomic mass is 19.1. The van der Waals surface area contributed by atoms with Gasteiger partial charge in [0, 0.05) is 17.6 Å². The fraction of sp³-hybridized carbons (Fsp3) is 0.125. The van der Waals surface area contributed by atoms with Crippen LogP contribution in [0.2, 0.25) is 0 Å². The highest BCUT2D eigenvalue weighted by molar-refractivity contribution is 6.19. The Bertz CT molecular complexity index is 961. The van der Waals surface area contributed by atoms with Crippen LogP contribution in [0.5, 0.6) is 5.75 Å². The summed E-state index contributed by atoms with van der Waals surface area (Å²) in [5.74, 6) is -0.244. The van der Waals surface area contributed by atoms with Gasteiger partial charge in [-0.15, -0.1) is 0 Å². The zero-order valence-electron chi connectivity index (χ0n) is 15.0. The van der Waals surface area contributed by atoms with Crippen molar-refractivity contribution in [1.29, 1.82) is 0 Å². The summed E-state index contributed by atoms with van der Waals surface area (Å²) in [6, 6.07) is 21.1. The average molecular weight is 360 g/mol. The SMILES string of the molecule is C=C(C(=O)CCCc1cccc(O)c1)c1ccc(-c2ccccc2)c(F)c1. The molecule has 0 bridgehead atoms. The summed E-state index contributed by atoms with van der Waals surface area (Å²) < 4.78 is 14.5. The second-order valence-corrected chi connectivity index (χ2v) is 6.49. The Morgan fingerprint density at radius 2 is 1.74 bits per heavy atom. The molecule has 0 radical (unpaired) electrons. The van der Waals surface area contributed by atoms with Gasteiger partial charge in [0.25, 0.3) is 0 Å². The maximum atomic E-state index is 14.5. The summed E-state index contributed by atoms with van der Waals surface area (Å²) in [7, 11) is 0. The second-order valence-electron chi connectivity index (χ2n) is 6.49. The molecule has 0 atom stereocenters. The lowest BCUT2D eigenvalue weighted by atomic mass is 9.96. The van der Waals surface area contributed by atoms with Gasteiger partial charge < -0.3 is 5.11 Å². The van der Waals surface area contributed by atoms with Gasteiger partial charge in [-0.05, 0) is 47.7 Å². The molecule has 27 heavy (non-hydrogen) atoms. The van der Waals surface area contributed by atoms with Gasteiger partial charge >= 0.3 is 0 Å². The number of halogens is 1. The van der Waals surface area contributed by atoms with E-state index in [1.807, 2.05) is 36.4 Å². The molecule has 0 aliphatic rings. The number of aryl methyl sites for hydroxylation is 1. The molecule has 0 saturated heterocycles. The zero-order chi connectivity index (χ0) is 19.2. The Kier molecular flexibility index (Phi) is 5.82. The summed E-state index contributed by atoms with van der Waals surface area (Å²) in [5.41, 5.74) is 3.11. The van der Waals surface area contributed by atoms with Gasteiger partial charge in [-0.3, -0.25) is 4.79 Å². The van der Waals surface area contributed by atoms with Crippen LogP contribution >= 0.6 is 0 Å². The molecule has 0 fully saturated rings. The van der Waals surface area contributed by atoms with Crippen LogP contribution < -0.4 is 0 Å². The van der Waals surface area contributed by atoms with Crippen molar-refractivity contribution in [2.75, 3.05) is 0 Å². The molecule has 3 aromatic rings. The minimum absolute atomic E-state index is 0.0954. The summed E-state index contributed by atoms with van der Waals surface area (Å²) >= 11 is 0. The molecule has 2 nitrogen and oxygen atoms in total.